The molecular weight excluding hydrogens is 289 g/mol. The van der Waals surface area contributed by atoms with Gasteiger partial charge in [-0.15, -0.1) is 0 Å². The molecule has 6 N–H and O–H groups in total. The summed E-state index contributed by atoms with van der Waals surface area (Å²) in [5, 5.41) is 17.6. The third-order valence-corrected chi connectivity index (χ3v) is 2.82. The fraction of sp³-hybridized carbons (Fsp3) is 0.273. The van der Waals surface area contributed by atoms with Gasteiger partial charge in [0.25, 0.3) is 0 Å². The highest BCUT2D eigenvalue weighted by Crippen LogP contribution is 2.27. The number of hydroxylamine groups is 1. The van der Waals surface area contributed by atoms with Gasteiger partial charge in [-0.1, -0.05) is 36.2 Å². The molecule has 1 unspecified atom stereocenters. The molecule has 0 saturated carbocycles. The molecule has 0 spiro atoms. The smallest absolute Gasteiger partial charge is 0.219 e. The molecule has 0 aliphatic rings. The zero-order valence-electron chi connectivity index (χ0n) is 10.3. The van der Waals surface area contributed by atoms with Gasteiger partial charge in [-0.2, -0.15) is 0 Å². The van der Waals surface area contributed by atoms with Gasteiger partial charge in [0.1, 0.15) is 0 Å². The summed E-state index contributed by atoms with van der Waals surface area (Å²) in [7, 11) is 0. The van der Waals surface area contributed by atoms with E-state index in [9.17, 15) is 0 Å². The number of rotatable bonds is 4. The van der Waals surface area contributed by atoms with Crippen molar-refractivity contribution in [1.82, 2.24) is 10.8 Å². The van der Waals surface area contributed by atoms with Gasteiger partial charge in [0.05, 0.1) is 6.61 Å². The number of guanidine groups is 2. The number of hydrogen-bond acceptors (Lipinski definition) is 3. The zero-order chi connectivity index (χ0) is 14.4. The Bertz CT molecular complexity index is 480. The van der Waals surface area contributed by atoms with Crippen molar-refractivity contribution in [2.24, 2.45) is 5.73 Å². The molecule has 0 bridgehead atoms. The van der Waals surface area contributed by atoms with Crippen molar-refractivity contribution in [1.29, 1.82) is 10.8 Å². The fourth-order valence-electron chi connectivity index (χ4n) is 1.39. The van der Waals surface area contributed by atoms with Crippen LogP contribution in [0.1, 0.15) is 18.4 Å². The first kappa shape index (κ1) is 15.6. The van der Waals surface area contributed by atoms with Crippen LogP contribution in [0.25, 0.3) is 0 Å². The molecule has 19 heavy (non-hydrogen) atoms. The molecule has 1 atom stereocenters. The normalized spacial score (nSPS) is 11.7. The average molecular weight is 304 g/mol. The van der Waals surface area contributed by atoms with Crippen LogP contribution in [-0.2, 0) is 4.84 Å². The summed E-state index contributed by atoms with van der Waals surface area (Å²) in [5.74, 6) is -0.529. The summed E-state index contributed by atoms with van der Waals surface area (Å²) in [6, 6.07) is 5.26. The van der Waals surface area contributed by atoms with Gasteiger partial charge in [-0.25, -0.2) is 5.48 Å². The van der Waals surface area contributed by atoms with Crippen LogP contribution in [0.15, 0.2) is 18.2 Å². The van der Waals surface area contributed by atoms with Crippen LogP contribution < -0.4 is 16.5 Å². The van der Waals surface area contributed by atoms with Crippen LogP contribution in [0.3, 0.4) is 0 Å². The molecule has 0 aliphatic heterocycles. The summed E-state index contributed by atoms with van der Waals surface area (Å²) in [6.07, 6.45) is 0. The third kappa shape index (κ3) is 5.34. The van der Waals surface area contributed by atoms with Crippen LogP contribution in [-0.4, -0.2) is 18.5 Å². The van der Waals surface area contributed by atoms with E-state index < -0.39 is 0 Å². The molecular formula is C11H15Cl2N5O. The van der Waals surface area contributed by atoms with E-state index in [1.54, 1.807) is 12.1 Å². The second kappa shape index (κ2) is 7.18. The lowest BCUT2D eigenvalue weighted by Crippen LogP contribution is -2.43. The zero-order valence-corrected chi connectivity index (χ0v) is 11.8. The Morgan fingerprint density at radius 1 is 1.42 bits per heavy atom. The molecule has 0 radical (unpaired) electrons. The average Bonchev–Trinajstić information content (AvgIpc) is 2.27. The molecule has 6 nitrogen and oxygen atoms in total. The van der Waals surface area contributed by atoms with Gasteiger partial charge >= 0.3 is 0 Å². The molecule has 1 aromatic carbocycles. The highest BCUT2D eigenvalue weighted by Gasteiger charge is 2.11. The van der Waals surface area contributed by atoms with Gasteiger partial charge in [0.15, 0.2) is 5.96 Å². The minimum absolute atomic E-state index is 0.0161. The van der Waals surface area contributed by atoms with Crippen molar-refractivity contribution in [3.05, 3.63) is 33.8 Å². The van der Waals surface area contributed by atoms with Gasteiger partial charge in [0, 0.05) is 16.0 Å². The first-order valence-corrected chi connectivity index (χ1v) is 6.18. The quantitative estimate of drug-likeness (QED) is 0.333. The Morgan fingerprint density at radius 2 is 2.11 bits per heavy atom. The molecule has 0 amide bonds. The molecule has 1 aromatic rings. The van der Waals surface area contributed by atoms with Crippen molar-refractivity contribution in [2.75, 3.05) is 6.61 Å². The van der Waals surface area contributed by atoms with Crippen molar-refractivity contribution in [3.8, 4) is 0 Å². The van der Waals surface area contributed by atoms with Crippen LogP contribution in [0.2, 0.25) is 10.0 Å². The largest absolute Gasteiger partial charge is 0.370 e. The maximum atomic E-state index is 7.33. The molecule has 1 rings (SSSR count). The van der Waals surface area contributed by atoms with Crippen LogP contribution in [0.4, 0.5) is 0 Å². The van der Waals surface area contributed by atoms with E-state index in [0.29, 0.717) is 16.7 Å². The van der Waals surface area contributed by atoms with Crippen LogP contribution >= 0.6 is 23.2 Å². The molecule has 0 fully saturated rings. The van der Waals surface area contributed by atoms with Gasteiger partial charge in [0.2, 0.25) is 5.96 Å². The monoisotopic (exact) mass is 303 g/mol. The first-order chi connectivity index (χ1) is 8.90. The standard InChI is InChI=1S/C11H15Cl2N5O/c1-6(5-19-18-11(16)17-10(14)15)8-3-2-7(12)4-9(8)13/h2-4,6H,5H2,1H3,(H6,14,15,16,17,18). The summed E-state index contributed by atoms with van der Waals surface area (Å²) >= 11 is 11.9. The molecule has 0 aliphatic carbocycles. The van der Waals surface area contributed by atoms with Crippen molar-refractivity contribution in [3.63, 3.8) is 0 Å². The Kier molecular flexibility index (Phi) is 5.88. The second-order valence-electron chi connectivity index (χ2n) is 3.89. The van der Waals surface area contributed by atoms with E-state index in [0.717, 1.165) is 5.56 Å². The summed E-state index contributed by atoms with van der Waals surface area (Å²) in [4.78, 5) is 5.12. The Labute approximate surface area is 121 Å². The lowest BCUT2D eigenvalue weighted by molar-refractivity contribution is 0.0736. The maximum Gasteiger partial charge on any atom is 0.219 e. The van der Waals surface area contributed by atoms with Crippen molar-refractivity contribution < 1.29 is 4.84 Å². The number of nitrogens with two attached hydrogens (primary N) is 1. The van der Waals surface area contributed by atoms with E-state index in [1.165, 1.54) is 0 Å². The third-order valence-electron chi connectivity index (χ3n) is 2.26. The van der Waals surface area contributed by atoms with E-state index in [4.69, 9.17) is 44.6 Å². The predicted octanol–water partition coefficient (Wildman–Crippen LogP) is 2.04. The Morgan fingerprint density at radius 3 is 2.68 bits per heavy atom. The minimum atomic E-state index is -0.338. The number of nitrogens with one attached hydrogen (secondary N) is 4. The molecule has 0 aromatic heterocycles. The SMILES string of the molecule is CC(CONC(=N)NC(=N)N)c1ccc(Cl)cc1Cl. The van der Waals surface area contributed by atoms with Gasteiger partial charge in [-0.05, 0) is 17.7 Å². The Balaban J connectivity index is 2.45. The molecule has 8 heteroatoms. The second-order valence-corrected chi connectivity index (χ2v) is 4.74. The topological polar surface area (TPSA) is 107 Å². The summed E-state index contributed by atoms with van der Waals surface area (Å²) in [5.41, 5.74) is 8.29. The summed E-state index contributed by atoms with van der Waals surface area (Å²) in [6.45, 7) is 2.22. The highest BCUT2D eigenvalue weighted by atomic mass is 35.5. The predicted molar refractivity (Wildman–Crippen MR) is 76.7 cm³/mol. The molecule has 104 valence electrons. The van der Waals surface area contributed by atoms with Gasteiger partial charge < -0.3 is 5.73 Å². The van der Waals surface area contributed by atoms with Crippen molar-refractivity contribution >= 4 is 35.1 Å². The molecule has 0 heterocycles. The maximum absolute atomic E-state index is 7.33. The van der Waals surface area contributed by atoms with E-state index in [-0.39, 0.29) is 17.8 Å². The van der Waals surface area contributed by atoms with Gasteiger partial charge in [-0.3, -0.25) is 21.0 Å². The lowest BCUT2D eigenvalue weighted by atomic mass is 10.0. The van der Waals surface area contributed by atoms with E-state index >= 15 is 0 Å². The lowest BCUT2D eigenvalue weighted by Gasteiger charge is -2.15. The van der Waals surface area contributed by atoms with E-state index in [2.05, 4.69) is 10.8 Å². The van der Waals surface area contributed by atoms with E-state index in [1.807, 2.05) is 13.0 Å². The first-order valence-electron chi connectivity index (χ1n) is 5.42. The molecule has 0 saturated heterocycles. The van der Waals surface area contributed by atoms with Crippen LogP contribution in [0.5, 0.6) is 0 Å². The minimum Gasteiger partial charge on any atom is -0.370 e. The van der Waals surface area contributed by atoms with Crippen LogP contribution in [0, 0.1) is 10.8 Å². The number of benzene rings is 1. The fourth-order valence-corrected chi connectivity index (χ4v) is 1.98. The number of halogens is 2. The van der Waals surface area contributed by atoms with Crippen molar-refractivity contribution in [2.45, 2.75) is 12.8 Å². The Hall–Kier alpha value is -1.50. The highest BCUT2D eigenvalue weighted by molar-refractivity contribution is 6.35. The number of hydrogen-bond donors (Lipinski definition) is 5. The summed E-state index contributed by atoms with van der Waals surface area (Å²) < 4.78 is 0.